The summed E-state index contributed by atoms with van der Waals surface area (Å²) in [5, 5.41) is 0.572. The van der Waals surface area contributed by atoms with Crippen LogP contribution in [0.1, 0.15) is 28.8 Å². The summed E-state index contributed by atoms with van der Waals surface area (Å²) in [6, 6.07) is 15.9. The first kappa shape index (κ1) is 23.7. The lowest BCUT2D eigenvalue weighted by Gasteiger charge is -2.38. The van der Waals surface area contributed by atoms with Crippen LogP contribution in [0.15, 0.2) is 54.6 Å². The number of benzene rings is 2. The van der Waals surface area contributed by atoms with Crippen molar-refractivity contribution in [3.05, 3.63) is 70.7 Å². The van der Waals surface area contributed by atoms with Gasteiger partial charge in [-0.05, 0) is 42.7 Å². The summed E-state index contributed by atoms with van der Waals surface area (Å²) in [6.07, 6.45) is 1.50. The van der Waals surface area contributed by atoms with E-state index in [1.165, 1.54) is 4.31 Å². The molecule has 0 unspecified atom stereocenters. The highest BCUT2D eigenvalue weighted by molar-refractivity contribution is 7.88. The van der Waals surface area contributed by atoms with Gasteiger partial charge >= 0.3 is 0 Å². The van der Waals surface area contributed by atoms with Gasteiger partial charge in [0.15, 0.2) is 0 Å². The SMILES string of the molecule is O=C(c1ccc(Cl)cc1)N1CCC[C@@H](C(=O)N2CCN(S(=O)(=O)Cc3ccccc3)CC2)C1. The maximum Gasteiger partial charge on any atom is 0.253 e. The standard InChI is InChI=1S/C24H28ClN3O4S/c25-22-10-8-20(9-11-22)23(29)27-12-4-7-21(17-27)24(30)26-13-15-28(16-14-26)33(31,32)18-19-5-2-1-3-6-19/h1-3,5-6,8-11,21H,4,7,12-18H2/t21-/m1/s1. The number of likely N-dealkylation sites (tertiary alicyclic amines) is 1. The van der Waals surface area contributed by atoms with E-state index >= 15 is 0 Å². The van der Waals surface area contributed by atoms with Gasteiger partial charge in [-0.1, -0.05) is 41.9 Å². The minimum atomic E-state index is -3.43. The number of amides is 2. The monoisotopic (exact) mass is 489 g/mol. The molecule has 4 rings (SSSR count). The lowest BCUT2D eigenvalue weighted by Crippen LogP contribution is -2.54. The van der Waals surface area contributed by atoms with Crippen LogP contribution < -0.4 is 0 Å². The maximum atomic E-state index is 13.2. The van der Waals surface area contributed by atoms with Crippen molar-refractivity contribution >= 4 is 33.4 Å². The number of carbonyl (C=O) groups excluding carboxylic acids is 2. The van der Waals surface area contributed by atoms with Gasteiger partial charge in [0, 0.05) is 49.9 Å². The third-order valence-electron chi connectivity index (χ3n) is 6.28. The summed E-state index contributed by atoms with van der Waals surface area (Å²) in [6.45, 7) is 2.33. The highest BCUT2D eigenvalue weighted by Gasteiger charge is 2.34. The topological polar surface area (TPSA) is 78.0 Å². The normalized spacial score (nSPS) is 20.0. The van der Waals surface area contributed by atoms with Crippen molar-refractivity contribution in [2.75, 3.05) is 39.3 Å². The molecule has 0 aromatic heterocycles. The van der Waals surface area contributed by atoms with Gasteiger partial charge in [-0.25, -0.2) is 8.42 Å². The third-order valence-corrected chi connectivity index (χ3v) is 8.39. The fourth-order valence-corrected chi connectivity index (χ4v) is 6.10. The molecule has 2 amide bonds. The van der Waals surface area contributed by atoms with E-state index in [0.29, 0.717) is 49.9 Å². The van der Waals surface area contributed by atoms with Gasteiger partial charge in [0.25, 0.3) is 5.91 Å². The van der Waals surface area contributed by atoms with E-state index in [1.807, 2.05) is 18.2 Å². The number of carbonyl (C=O) groups is 2. The molecule has 0 bridgehead atoms. The zero-order chi connectivity index (χ0) is 23.4. The molecule has 2 heterocycles. The molecule has 0 radical (unpaired) electrons. The predicted octanol–water partition coefficient (Wildman–Crippen LogP) is 2.87. The zero-order valence-corrected chi connectivity index (χ0v) is 20.0. The minimum Gasteiger partial charge on any atom is -0.340 e. The van der Waals surface area contributed by atoms with E-state index in [1.54, 1.807) is 46.2 Å². The van der Waals surface area contributed by atoms with E-state index < -0.39 is 10.0 Å². The van der Waals surface area contributed by atoms with Crippen LogP contribution in [0.5, 0.6) is 0 Å². The van der Waals surface area contributed by atoms with Crippen LogP contribution in [0, 0.1) is 5.92 Å². The summed E-state index contributed by atoms with van der Waals surface area (Å²) in [7, 11) is -3.43. The van der Waals surface area contributed by atoms with Crippen LogP contribution in [0.2, 0.25) is 5.02 Å². The summed E-state index contributed by atoms with van der Waals surface area (Å²) in [5.41, 5.74) is 1.31. The van der Waals surface area contributed by atoms with Crippen LogP contribution in [-0.2, 0) is 20.6 Å². The molecule has 0 aliphatic carbocycles. The second-order valence-electron chi connectivity index (χ2n) is 8.56. The van der Waals surface area contributed by atoms with Gasteiger partial charge in [0.2, 0.25) is 15.9 Å². The van der Waals surface area contributed by atoms with E-state index in [0.717, 1.165) is 18.4 Å². The number of piperidine rings is 1. The predicted molar refractivity (Wildman–Crippen MR) is 127 cm³/mol. The molecule has 0 N–H and O–H groups in total. The Hall–Kier alpha value is -2.42. The number of rotatable bonds is 5. The molecular weight excluding hydrogens is 462 g/mol. The van der Waals surface area contributed by atoms with Crippen molar-refractivity contribution < 1.29 is 18.0 Å². The van der Waals surface area contributed by atoms with E-state index in [2.05, 4.69) is 0 Å². The molecule has 0 spiro atoms. The number of hydrogen-bond acceptors (Lipinski definition) is 4. The Bertz CT molecular complexity index is 1080. The summed E-state index contributed by atoms with van der Waals surface area (Å²) in [4.78, 5) is 29.5. The van der Waals surface area contributed by atoms with Gasteiger partial charge in [-0.15, -0.1) is 0 Å². The number of halogens is 1. The van der Waals surface area contributed by atoms with Crippen LogP contribution in [0.3, 0.4) is 0 Å². The van der Waals surface area contributed by atoms with Crippen molar-refractivity contribution in [1.82, 2.24) is 14.1 Å². The van der Waals surface area contributed by atoms with Crippen molar-refractivity contribution in [2.24, 2.45) is 5.92 Å². The van der Waals surface area contributed by atoms with Gasteiger partial charge in [0.1, 0.15) is 0 Å². The molecule has 176 valence electrons. The first-order chi connectivity index (χ1) is 15.8. The molecule has 2 fully saturated rings. The lowest BCUT2D eigenvalue weighted by atomic mass is 9.95. The molecule has 1 atom stereocenters. The highest BCUT2D eigenvalue weighted by Crippen LogP contribution is 2.23. The first-order valence-corrected chi connectivity index (χ1v) is 13.2. The van der Waals surface area contributed by atoms with Crippen molar-refractivity contribution in [2.45, 2.75) is 18.6 Å². The average molecular weight is 490 g/mol. The molecule has 33 heavy (non-hydrogen) atoms. The molecule has 7 nitrogen and oxygen atoms in total. The molecular formula is C24H28ClN3O4S. The Kier molecular flexibility index (Phi) is 7.36. The fraction of sp³-hybridized carbons (Fsp3) is 0.417. The second-order valence-corrected chi connectivity index (χ2v) is 11.0. The third kappa shape index (κ3) is 5.75. The number of sulfonamides is 1. The molecule has 2 aliphatic rings. The van der Waals surface area contributed by atoms with Crippen LogP contribution in [0.4, 0.5) is 0 Å². The first-order valence-electron chi connectivity index (χ1n) is 11.2. The van der Waals surface area contributed by atoms with Gasteiger partial charge in [0.05, 0.1) is 11.7 Å². The smallest absolute Gasteiger partial charge is 0.253 e. The molecule has 2 aromatic carbocycles. The molecule has 0 saturated carbocycles. The molecule has 2 saturated heterocycles. The molecule has 2 aliphatic heterocycles. The average Bonchev–Trinajstić information content (AvgIpc) is 2.84. The van der Waals surface area contributed by atoms with Crippen LogP contribution >= 0.6 is 11.6 Å². The Labute approximate surface area is 200 Å². The number of hydrogen-bond donors (Lipinski definition) is 0. The van der Waals surface area contributed by atoms with E-state index in [-0.39, 0.29) is 23.5 Å². The number of nitrogens with zero attached hydrogens (tertiary/aromatic N) is 3. The Morgan fingerprint density at radius 2 is 1.55 bits per heavy atom. The zero-order valence-electron chi connectivity index (χ0n) is 18.4. The summed E-state index contributed by atoms with van der Waals surface area (Å²) in [5.74, 6) is -0.390. The Balaban J connectivity index is 1.32. The van der Waals surface area contributed by atoms with Gasteiger partial charge in [-0.2, -0.15) is 4.31 Å². The second kappa shape index (κ2) is 10.2. The molecule has 9 heteroatoms. The lowest BCUT2D eigenvalue weighted by molar-refractivity contribution is -0.138. The van der Waals surface area contributed by atoms with Crippen molar-refractivity contribution in [3.63, 3.8) is 0 Å². The fourth-order valence-electron chi connectivity index (χ4n) is 4.46. The van der Waals surface area contributed by atoms with Gasteiger partial charge < -0.3 is 9.80 Å². The van der Waals surface area contributed by atoms with Crippen molar-refractivity contribution in [1.29, 1.82) is 0 Å². The van der Waals surface area contributed by atoms with E-state index in [4.69, 9.17) is 11.6 Å². The Morgan fingerprint density at radius 3 is 2.21 bits per heavy atom. The van der Waals surface area contributed by atoms with E-state index in [9.17, 15) is 18.0 Å². The molecule has 2 aromatic rings. The maximum absolute atomic E-state index is 13.2. The van der Waals surface area contributed by atoms with Crippen LogP contribution in [0.25, 0.3) is 0 Å². The largest absolute Gasteiger partial charge is 0.340 e. The van der Waals surface area contributed by atoms with Gasteiger partial charge in [-0.3, -0.25) is 9.59 Å². The minimum absolute atomic E-state index is 0.00344. The summed E-state index contributed by atoms with van der Waals surface area (Å²) >= 11 is 5.92. The quantitative estimate of drug-likeness (QED) is 0.647. The number of piperazine rings is 1. The highest BCUT2D eigenvalue weighted by atomic mass is 35.5. The van der Waals surface area contributed by atoms with Crippen molar-refractivity contribution in [3.8, 4) is 0 Å². The Morgan fingerprint density at radius 1 is 0.879 bits per heavy atom. The van der Waals surface area contributed by atoms with Crippen LogP contribution in [-0.4, -0.2) is 73.6 Å². The summed E-state index contributed by atoms with van der Waals surface area (Å²) < 4.78 is 27.0.